The van der Waals surface area contributed by atoms with Crippen LogP contribution in [0, 0.1) is 12.8 Å². The lowest BCUT2D eigenvalue weighted by molar-refractivity contribution is -0.134. The van der Waals surface area contributed by atoms with E-state index in [1.54, 1.807) is 4.90 Å². The molecule has 2 rings (SSSR count). The third-order valence-electron chi connectivity index (χ3n) is 4.22. The van der Waals surface area contributed by atoms with Gasteiger partial charge in [0.05, 0.1) is 18.3 Å². The molecule has 0 bridgehead atoms. The van der Waals surface area contributed by atoms with Crippen LogP contribution in [-0.4, -0.2) is 65.5 Å². The normalized spacial score (nSPS) is 15.8. The molecule has 26 heavy (non-hydrogen) atoms. The van der Waals surface area contributed by atoms with E-state index < -0.39 is 6.04 Å². The van der Waals surface area contributed by atoms with Crippen LogP contribution >= 0.6 is 24.8 Å². The first-order valence-electron chi connectivity index (χ1n) is 8.32. The fourth-order valence-electron chi connectivity index (χ4n) is 2.57. The molecule has 3 N–H and O–H groups in total. The molecule has 1 atom stereocenters. The zero-order valence-corrected chi connectivity index (χ0v) is 17.1. The number of rotatable bonds is 6. The van der Waals surface area contributed by atoms with Crippen molar-refractivity contribution in [3.8, 4) is 0 Å². The van der Waals surface area contributed by atoms with Crippen LogP contribution in [0.25, 0.3) is 0 Å². The minimum atomic E-state index is -0.583. The van der Waals surface area contributed by atoms with Crippen molar-refractivity contribution in [3.63, 3.8) is 0 Å². The number of aryl methyl sites for hydroxylation is 1. The Labute approximate surface area is 166 Å². The molecule has 0 unspecified atom stereocenters. The van der Waals surface area contributed by atoms with E-state index in [1.807, 2.05) is 26.8 Å². The molecule has 0 radical (unpaired) electrons. The average molecular weight is 410 g/mol. The van der Waals surface area contributed by atoms with E-state index in [9.17, 15) is 9.59 Å². The highest BCUT2D eigenvalue weighted by molar-refractivity contribution is 5.87. The van der Waals surface area contributed by atoms with Gasteiger partial charge in [0.25, 0.3) is 0 Å². The molecule has 1 aromatic heterocycles. The molecule has 2 heterocycles. The van der Waals surface area contributed by atoms with Crippen molar-refractivity contribution < 1.29 is 14.1 Å². The third kappa shape index (κ3) is 7.11. The number of aromatic nitrogens is 1. The number of hydrogen-bond acceptors (Lipinski definition) is 6. The lowest BCUT2D eigenvalue weighted by Crippen LogP contribution is -2.52. The zero-order chi connectivity index (χ0) is 17.7. The van der Waals surface area contributed by atoms with Crippen LogP contribution in [0.1, 0.15) is 25.3 Å². The minimum Gasteiger partial charge on any atom is -0.361 e. The van der Waals surface area contributed by atoms with Gasteiger partial charge < -0.3 is 20.5 Å². The van der Waals surface area contributed by atoms with Gasteiger partial charge in [-0.15, -0.1) is 24.8 Å². The van der Waals surface area contributed by atoms with Crippen molar-refractivity contribution in [1.29, 1.82) is 0 Å². The van der Waals surface area contributed by atoms with Gasteiger partial charge in [0, 0.05) is 38.8 Å². The first-order chi connectivity index (χ1) is 11.4. The molecule has 1 aliphatic rings. The molecule has 1 saturated heterocycles. The maximum atomic E-state index is 12.2. The second kappa shape index (κ2) is 11.4. The van der Waals surface area contributed by atoms with Gasteiger partial charge in [-0.2, -0.15) is 0 Å². The molecule has 0 aliphatic carbocycles. The molecule has 0 saturated carbocycles. The first-order valence-corrected chi connectivity index (χ1v) is 8.32. The summed E-state index contributed by atoms with van der Waals surface area (Å²) in [5.41, 5.74) is 6.67. The number of amides is 2. The van der Waals surface area contributed by atoms with E-state index in [-0.39, 0.29) is 49.1 Å². The molecular weight excluding hydrogens is 381 g/mol. The predicted molar refractivity (Wildman–Crippen MR) is 103 cm³/mol. The van der Waals surface area contributed by atoms with E-state index >= 15 is 0 Å². The fraction of sp³-hybridized carbons (Fsp3) is 0.688. The topological polar surface area (TPSA) is 105 Å². The molecule has 150 valence electrons. The number of carbonyl (C=O) groups excluding carboxylic acids is 2. The molecular formula is C16H29Cl2N5O3. The molecule has 1 fully saturated rings. The summed E-state index contributed by atoms with van der Waals surface area (Å²) < 4.78 is 5.06. The van der Waals surface area contributed by atoms with E-state index in [2.05, 4.69) is 15.4 Å². The van der Waals surface area contributed by atoms with Crippen LogP contribution in [0.4, 0.5) is 0 Å². The number of nitrogens with one attached hydrogen (secondary N) is 1. The lowest BCUT2D eigenvalue weighted by Gasteiger charge is -2.34. The summed E-state index contributed by atoms with van der Waals surface area (Å²) in [4.78, 5) is 28.0. The average Bonchev–Trinajstić information content (AvgIpc) is 2.97. The molecule has 0 spiro atoms. The zero-order valence-electron chi connectivity index (χ0n) is 15.4. The van der Waals surface area contributed by atoms with Crippen LogP contribution in [0.2, 0.25) is 0 Å². The van der Waals surface area contributed by atoms with Crippen molar-refractivity contribution >= 4 is 36.6 Å². The molecule has 1 aliphatic heterocycles. The van der Waals surface area contributed by atoms with Crippen molar-refractivity contribution in [2.75, 3.05) is 32.7 Å². The lowest BCUT2D eigenvalue weighted by atomic mass is 10.1. The first kappa shape index (κ1) is 24.7. The number of hydrogen-bond donors (Lipinski definition) is 2. The number of piperazine rings is 1. The second-order valence-electron chi connectivity index (χ2n) is 6.57. The predicted octanol–water partition coefficient (Wildman–Crippen LogP) is 0.570. The Morgan fingerprint density at radius 2 is 1.88 bits per heavy atom. The Morgan fingerprint density at radius 3 is 2.38 bits per heavy atom. The fourth-order valence-corrected chi connectivity index (χ4v) is 2.57. The smallest absolute Gasteiger partial charge is 0.242 e. The molecule has 1 aromatic rings. The van der Waals surface area contributed by atoms with Crippen molar-refractivity contribution in [2.24, 2.45) is 11.7 Å². The third-order valence-corrected chi connectivity index (χ3v) is 4.22. The SMILES string of the molecule is Cc1cc(CN2CCN(C(=O)CNC(=O)[C@@H](N)C(C)C)CC2)no1.Cl.Cl. The summed E-state index contributed by atoms with van der Waals surface area (Å²) in [5.74, 6) is 0.493. The summed E-state index contributed by atoms with van der Waals surface area (Å²) in [6.07, 6.45) is 0. The molecule has 2 amide bonds. The van der Waals surface area contributed by atoms with Gasteiger partial charge in [-0.3, -0.25) is 14.5 Å². The van der Waals surface area contributed by atoms with Gasteiger partial charge in [-0.25, -0.2) is 0 Å². The Balaban J connectivity index is 0.00000312. The maximum absolute atomic E-state index is 12.2. The van der Waals surface area contributed by atoms with Crippen LogP contribution in [0.5, 0.6) is 0 Å². The minimum absolute atomic E-state index is 0. The highest BCUT2D eigenvalue weighted by Gasteiger charge is 2.23. The second-order valence-corrected chi connectivity index (χ2v) is 6.57. The Morgan fingerprint density at radius 1 is 1.27 bits per heavy atom. The maximum Gasteiger partial charge on any atom is 0.242 e. The Kier molecular flexibility index (Phi) is 10.8. The Hall–Kier alpha value is -1.35. The van der Waals surface area contributed by atoms with Crippen LogP contribution < -0.4 is 11.1 Å². The van der Waals surface area contributed by atoms with Crippen LogP contribution in [0.15, 0.2) is 10.6 Å². The summed E-state index contributed by atoms with van der Waals surface area (Å²) in [6.45, 7) is 9.18. The van der Waals surface area contributed by atoms with Gasteiger partial charge in [0.2, 0.25) is 11.8 Å². The highest BCUT2D eigenvalue weighted by atomic mass is 35.5. The van der Waals surface area contributed by atoms with Crippen molar-refractivity contribution in [3.05, 3.63) is 17.5 Å². The van der Waals surface area contributed by atoms with Crippen LogP contribution in [0.3, 0.4) is 0 Å². The van der Waals surface area contributed by atoms with Gasteiger partial charge in [-0.05, 0) is 12.8 Å². The van der Waals surface area contributed by atoms with E-state index in [0.717, 1.165) is 31.1 Å². The highest BCUT2D eigenvalue weighted by Crippen LogP contribution is 2.09. The van der Waals surface area contributed by atoms with Gasteiger partial charge in [-0.1, -0.05) is 19.0 Å². The number of carbonyl (C=O) groups is 2. The summed E-state index contributed by atoms with van der Waals surface area (Å²) in [7, 11) is 0. The van der Waals surface area contributed by atoms with E-state index in [4.69, 9.17) is 10.3 Å². The van der Waals surface area contributed by atoms with Gasteiger partial charge in [0.1, 0.15) is 5.76 Å². The number of nitrogens with zero attached hydrogens (tertiary/aromatic N) is 3. The van der Waals surface area contributed by atoms with Crippen molar-refractivity contribution in [1.82, 2.24) is 20.3 Å². The Bertz CT molecular complexity index is 574. The quantitative estimate of drug-likeness (QED) is 0.711. The molecule has 8 nitrogen and oxygen atoms in total. The summed E-state index contributed by atoms with van der Waals surface area (Å²) >= 11 is 0. The monoisotopic (exact) mass is 409 g/mol. The van der Waals surface area contributed by atoms with Crippen molar-refractivity contribution in [2.45, 2.75) is 33.4 Å². The molecule has 10 heteroatoms. The summed E-state index contributed by atoms with van der Waals surface area (Å²) in [6, 6.07) is 1.34. The molecule has 0 aromatic carbocycles. The van der Waals surface area contributed by atoms with Gasteiger partial charge in [0.15, 0.2) is 0 Å². The number of halogens is 2. The standard InChI is InChI=1S/C16H27N5O3.2ClH/c1-11(2)15(17)16(23)18-9-14(22)21-6-4-20(5-7-21)10-13-8-12(3)24-19-13;;/h8,11,15H,4-7,9-10,17H2,1-3H3,(H,18,23);2*1H/t15-;;/m0../s1. The summed E-state index contributed by atoms with van der Waals surface area (Å²) in [5, 5.41) is 6.61. The largest absolute Gasteiger partial charge is 0.361 e. The van der Waals surface area contributed by atoms with E-state index in [1.165, 1.54) is 0 Å². The van der Waals surface area contributed by atoms with Crippen LogP contribution in [-0.2, 0) is 16.1 Å². The number of nitrogens with two attached hydrogens (primary N) is 1. The van der Waals surface area contributed by atoms with E-state index in [0.29, 0.717) is 13.1 Å². The van der Waals surface area contributed by atoms with Gasteiger partial charge >= 0.3 is 0 Å².